The van der Waals surface area contributed by atoms with Crippen molar-refractivity contribution in [1.82, 2.24) is 15.0 Å². The van der Waals surface area contributed by atoms with Crippen LogP contribution in [0.25, 0.3) is 45.0 Å². The molecule has 1 aromatic heterocycles. The van der Waals surface area contributed by atoms with E-state index in [0.717, 1.165) is 22.3 Å². The molecule has 4 aromatic carbocycles. The van der Waals surface area contributed by atoms with E-state index in [1.54, 1.807) is 0 Å². The van der Waals surface area contributed by atoms with E-state index >= 15 is 0 Å². The summed E-state index contributed by atoms with van der Waals surface area (Å²) in [5.41, 5.74) is 16.0. The summed E-state index contributed by atoms with van der Waals surface area (Å²) in [5, 5.41) is 0. The number of nitrogens with zero attached hydrogens (tertiary/aromatic N) is 3. The van der Waals surface area contributed by atoms with Gasteiger partial charge < -0.3 is 0 Å². The average Bonchev–Trinajstić information content (AvgIpc) is 3.39. The summed E-state index contributed by atoms with van der Waals surface area (Å²) in [7, 11) is 0. The van der Waals surface area contributed by atoms with Crippen molar-refractivity contribution in [2.24, 2.45) is 0 Å². The van der Waals surface area contributed by atoms with Crippen molar-refractivity contribution in [3.8, 4) is 33.9 Å². The highest BCUT2D eigenvalue weighted by atomic mass is 15.0. The van der Waals surface area contributed by atoms with E-state index < -0.39 is 0 Å². The number of rotatable bonds is 5. The van der Waals surface area contributed by atoms with Gasteiger partial charge in [-0.05, 0) is 89.1 Å². The molecule has 0 saturated carbocycles. The van der Waals surface area contributed by atoms with Gasteiger partial charge in [-0.2, -0.15) is 0 Å². The molecule has 1 heterocycles. The van der Waals surface area contributed by atoms with Crippen molar-refractivity contribution in [3.63, 3.8) is 0 Å². The number of hydrogen-bond acceptors (Lipinski definition) is 3. The van der Waals surface area contributed by atoms with Crippen LogP contribution >= 0.6 is 0 Å². The molecular formula is C42H39N3. The number of aromatic nitrogens is 3. The lowest BCUT2D eigenvalue weighted by atomic mass is 9.78. The second kappa shape index (κ2) is 10.3. The van der Waals surface area contributed by atoms with E-state index in [1.807, 2.05) is 60.7 Å². The number of allylic oxidation sites excluding steroid dienone is 5. The van der Waals surface area contributed by atoms with Gasteiger partial charge >= 0.3 is 0 Å². The molecule has 2 aliphatic rings. The molecule has 0 spiro atoms. The minimum Gasteiger partial charge on any atom is -0.208 e. The summed E-state index contributed by atoms with van der Waals surface area (Å²) < 4.78 is 0. The highest BCUT2D eigenvalue weighted by Gasteiger charge is 2.42. The maximum Gasteiger partial charge on any atom is 0.164 e. The zero-order valence-electron chi connectivity index (χ0n) is 27.3. The molecule has 3 heteroatoms. The SMILES string of the molecule is C=C(C=C(C)C1=C(C)C(C)(C)c2cc3c(cc21)C(C)(C)c1cccc(C)c1-3)c1nc(-c2ccccc2)nc(-c2ccccc2)n1. The van der Waals surface area contributed by atoms with Gasteiger partial charge in [0.15, 0.2) is 17.5 Å². The Labute approximate surface area is 267 Å². The van der Waals surface area contributed by atoms with Crippen molar-refractivity contribution >= 4 is 11.1 Å². The molecule has 7 rings (SSSR count). The third-order valence-corrected chi connectivity index (χ3v) is 10.1. The maximum absolute atomic E-state index is 4.92. The first kappa shape index (κ1) is 28.9. The van der Waals surface area contributed by atoms with Crippen LogP contribution in [0, 0.1) is 6.92 Å². The molecule has 0 unspecified atom stereocenters. The molecule has 0 N–H and O–H groups in total. The minimum atomic E-state index is -0.0974. The lowest BCUT2D eigenvalue weighted by Crippen LogP contribution is -2.17. The lowest BCUT2D eigenvalue weighted by molar-refractivity contribution is 0.635. The Hall–Kier alpha value is -4.89. The largest absolute Gasteiger partial charge is 0.208 e. The van der Waals surface area contributed by atoms with Crippen LogP contribution < -0.4 is 0 Å². The fraction of sp³-hybridized carbons (Fsp3) is 0.214. The van der Waals surface area contributed by atoms with Gasteiger partial charge in [0.1, 0.15) is 0 Å². The standard InChI is InChI=1S/C42H39N3/c1-25-16-15-21-33-37(25)32-24-34-31(23-35(32)42(33,7)8)36(28(4)41(34,5)6)26(2)22-27(3)38-43-39(29-17-11-9-12-18-29)45-40(44-38)30-19-13-10-14-20-30/h9-24H,3H2,1-2,4-8H3. The van der Waals surface area contributed by atoms with Crippen molar-refractivity contribution in [2.75, 3.05) is 0 Å². The monoisotopic (exact) mass is 585 g/mol. The average molecular weight is 586 g/mol. The minimum absolute atomic E-state index is 0.0642. The van der Waals surface area contributed by atoms with Crippen molar-refractivity contribution in [2.45, 2.75) is 59.3 Å². The van der Waals surface area contributed by atoms with Crippen molar-refractivity contribution < 1.29 is 0 Å². The normalized spacial score (nSPS) is 15.9. The summed E-state index contributed by atoms with van der Waals surface area (Å²) in [4.78, 5) is 14.7. The van der Waals surface area contributed by atoms with Crippen LogP contribution in [0.4, 0.5) is 0 Å². The number of benzene rings is 4. The van der Waals surface area contributed by atoms with E-state index in [9.17, 15) is 0 Å². The highest BCUT2D eigenvalue weighted by Crippen LogP contribution is 2.56. The molecule has 0 saturated heterocycles. The molecule has 0 amide bonds. The number of aryl methyl sites for hydroxylation is 1. The first-order chi connectivity index (χ1) is 21.5. The van der Waals surface area contributed by atoms with E-state index in [1.165, 1.54) is 50.1 Å². The highest BCUT2D eigenvalue weighted by molar-refractivity contribution is 5.94. The lowest BCUT2D eigenvalue weighted by Gasteiger charge is -2.25. The third kappa shape index (κ3) is 4.52. The van der Waals surface area contributed by atoms with Crippen molar-refractivity contribution in [3.05, 3.63) is 148 Å². The molecule has 3 nitrogen and oxygen atoms in total. The first-order valence-electron chi connectivity index (χ1n) is 15.7. The predicted octanol–water partition coefficient (Wildman–Crippen LogP) is 10.5. The molecule has 2 aliphatic carbocycles. The second-order valence-electron chi connectivity index (χ2n) is 13.6. The quantitative estimate of drug-likeness (QED) is 0.193. The van der Waals surface area contributed by atoms with Crippen molar-refractivity contribution in [1.29, 1.82) is 0 Å². The maximum atomic E-state index is 4.92. The van der Waals surface area contributed by atoms with Crippen LogP contribution in [-0.2, 0) is 10.8 Å². The molecule has 0 atom stereocenters. The Kier molecular flexibility index (Phi) is 6.63. The Morgan fingerprint density at radius 3 is 1.80 bits per heavy atom. The van der Waals surface area contributed by atoms with Gasteiger partial charge in [0, 0.05) is 27.5 Å². The van der Waals surface area contributed by atoms with Gasteiger partial charge in [0.05, 0.1) is 0 Å². The van der Waals surface area contributed by atoms with Gasteiger partial charge in [-0.15, -0.1) is 0 Å². The summed E-state index contributed by atoms with van der Waals surface area (Å²) in [6.07, 6.45) is 2.15. The number of fused-ring (bicyclic) bond motifs is 4. The second-order valence-corrected chi connectivity index (χ2v) is 13.6. The zero-order chi connectivity index (χ0) is 31.7. The topological polar surface area (TPSA) is 38.7 Å². The van der Waals surface area contributed by atoms with E-state index in [0.29, 0.717) is 17.5 Å². The fourth-order valence-electron chi connectivity index (χ4n) is 7.31. The Balaban J connectivity index is 1.34. The predicted molar refractivity (Wildman–Crippen MR) is 188 cm³/mol. The zero-order valence-corrected chi connectivity index (χ0v) is 27.3. The van der Waals surface area contributed by atoms with Crippen LogP contribution in [0.1, 0.15) is 75.2 Å². The molecule has 45 heavy (non-hydrogen) atoms. The summed E-state index contributed by atoms with van der Waals surface area (Å²) in [6.45, 7) is 20.6. The smallest absolute Gasteiger partial charge is 0.164 e. The van der Waals surface area contributed by atoms with Crippen LogP contribution in [0.5, 0.6) is 0 Å². The van der Waals surface area contributed by atoms with Crippen LogP contribution in [0.3, 0.4) is 0 Å². The summed E-state index contributed by atoms with van der Waals surface area (Å²) in [6, 6.07) is 31.8. The Bertz CT molecular complexity index is 2020. The van der Waals surface area contributed by atoms with Gasteiger partial charge in [0.25, 0.3) is 0 Å². The van der Waals surface area contributed by atoms with E-state index in [-0.39, 0.29) is 10.8 Å². The molecule has 0 aliphatic heterocycles. The molecule has 0 radical (unpaired) electrons. The molecule has 0 bridgehead atoms. The fourth-order valence-corrected chi connectivity index (χ4v) is 7.31. The van der Waals surface area contributed by atoms with Gasteiger partial charge in [-0.1, -0.05) is 119 Å². The van der Waals surface area contributed by atoms with Gasteiger partial charge in [-0.25, -0.2) is 15.0 Å². The first-order valence-corrected chi connectivity index (χ1v) is 15.7. The Morgan fingerprint density at radius 2 is 1.20 bits per heavy atom. The Morgan fingerprint density at radius 1 is 0.644 bits per heavy atom. The molecular weight excluding hydrogens is 546 g/mol. The van der Waals surface area contributed by atoms with Crippen LogP contribution in [0.2, 0.25) is 0 Å². The number of hydrogen-bond donors (Lipinski definition) is 0. The van der Waals surface area contributed by atoms with Crippen LogP contribution in [0.15, 0.2) is 115 Å². The summed E-state index contributed by atoms with van der Waals surface area (Å²) >= 11 is 0. The third-order valence-electron chi connectivity index (χ3n) is 10.1. The molecule has 0 fully saturated rings. The van der Waals surface area contributed by atoms with Gasteiger partial charge in [0.2, 0.25) is 0 Å². The van der Waals surface area contributed by atoms with Crippen LogP contribution in [-0.4, -0.2) is 15.0 Å². The summed E-state index contributed by atoms with van der Waals surface area (Å²) in [5.74, 6) is 1.86. The molecule has 222 valence electrons. The molecule has 5 aromatic rings. The van der Waals surface area contributed by atoms with E-state index in [2.05, 4.69) is 91.5 Å². The van der Waals surface area contributed by atoms with Gasteiger partial charge in [-0.3, -0.25) is 0 Å². The van der Waals surface area contributed by atoms with E-state index in [4.69, 9.17) is 15.0 Å².